The van der Waals surface area contributed by atoms with E-state index in [1.165, 1.54) is 5.56 Å². The van der Waals surface area contributed by atoms with Gasteiger partial charge in [-0.25, -0.2) is 0 Å². The molecule has 3 heterocycles. The zero-order chi connectivity index (χ0) is 24.4. The summed E-state index contributed by atoms with van der Waals surface area (Å²) in [6.45, 7) is 2.09. The number of pyridine rings is 1. The van der Waals surface area contributed by atoms with E-state index in [1.807, 2.05) is 12.1 Å². The van der Waals surface area contributed by atoms with Crippen LogP contribution in [0.4, 0.5) is 0 Å². The molecule has 1 aromatic carbocycles. The third kappa shape index (κ3) is 4.71. The number of aromatic hydroxyl groups is 1. The molecule has 8 nitrogen and oxygen atoms in total. The van der Waals surface area contributed by atoms with Crippen LogP contribution in [0.1, 0.15) is 67.2 Å². The fourth-order valence-electron chi connectivity index (χ4n) is 4.67. The topological polar surface area (TPSA) is 107 Å². The standard InChI is InChI=1S/C26H26ClN5O3/c1-2-3-11-21-29-24(33)23(25-31-30-22(35-25)14-18-13-12-17(27)15-28-18)26(34)32(21)20-10-6-8-16-7-4-5-9-19(16)20/h4-5,7,9,12-13,15,20,33H,2-3,6,8,10-11,14H2,1H3/t20-/m0/s1. The lowest BCUT2D eigenvalue weighted by Crippen LogP contribution is -2.33. The predicted octanol–water partition coefficient (Wildman–Crippen LogP) is 4.91. The van der Waals surface area contributed by atoms with Gasteiger partial charge in [-0.3, -0.25) is 14.3 Å². The number of benzene rings is 1. The maximum atomic E-state index is 13.9. The second-order valence-corrected chi connectivity index (χ2v) is 9.19. The molecule has 0 saturated heterocycles. The zero-order valence-corrected chi connectivity index (χ0v) is 20.2. The number of hydrogen-bond acceptors (Lipinski definition) is 7. The lowest BCUT2D eigenvalue weighted by molar-refractivity contribution is 0.413. The Morgan fingerprint density at radius 2 is 2.06 bits per heavy atom. The van der Waals surface area contributed by atoms with Crippen LogP contribution in [-0.2, 0) is 19.3 Å². The van der Waals surface area contributed by atoms with Gasteiger partial charge in [-0.05, 0) is 48.9 Å². The molecule has 1 atom stereocenters. The Labute approximate surface area is 207 Å². The van der Waals surface area contributed by atoms with Crippen molar-refractivity contribution >= 4 is 11.6 Å². The normalized spacial score (nSPS) is 15.2. The van der Waals surface area contributed by atoms with Gasteiger partial charge < -0.3 is 9.52 Å². The van der Waals surface area contributed by atoms with Crippen LogP contribution in [0.2, 0.25) is 5.02 Å². The minimum atomic E-state index is -0.388. The first-order chi connectivity index (χ1) is 17.0. The fraction of sp³-hybridized carbons (Fsp3) is 0.346. The molecule has 5 rings (SSSR count). The molecule has 4 aromatic rings. The maximum absolute atomic E-state index is 13.9. The Hall–Kier alpha value is -3.52. The smallest absolute Gasteiger partial charge is 0.270 e. The van der Waals surface area contributed by atoms with E-state index in [0.29, 0.717) is 23.0 Å². The quantitative estimate of drug-likeness (QED) is 0.391. The molecule has 0 amide bonds. The third-order valence-corrected chi connectivity index (χ3v) is 6.60. The number of halogens is 1. The molecule has 1 aliphatic rings. The monoisotopic (exact) mass is 491 g/mol. The van der Waals surface area contributed by atoms with Crippen LogP contribution in [0.25, 0.3) is 11.5 Å². The summed E-state index contributed by atoms with van der Waals surface area (Å²) in [6, 6.07) is 11.5. The predicted molar refractivity (Wildman–Crippen MR) is 132 cm³/mol. The number of aromatic nitrogens is 5. The van der Waals surface area contributed by atoms with Crippen LogP contribution in [-0.4, -0.2) is 29.8 Å². The lowest BCUT2D eigenvalue weighted by Gasteiger charge is -2.29. The summed E-state index contributed by atoms with van der Waals surface area (Å²) in [5.41, 5.74) is 2.61. The number of fused-ring (bicyclic) bond motifs is 1. The first-order valence-electron chi connectivity index (χ1n) is 11.9. The van der Waals surface area contributed by atoms with Crippen LogP contribution in [0.15, 0.2) is 51.8 Å². The summed E-state index contributed by atoms with van der Waals surface area (Å²) in [6.07, 6.45) is 6.99. The second kappa shape index (κ2) is 10.00. The van der Waals surface area contributed by atoms with Crippen molar-refractivity contribution in [3.63, 3.8) is 0 Å². The van der Waals surface area contributed by atoms with E-state index in [4.69, 9.17) is 16.0 Å². The molecule has 9 heteroatoms. The molecule has 1 aliphatic carbocycles. The van der Waals surface area contributed by atoms with E-state index in [-0.39, 0.29) is 41.2 Å². The Kier molecular flexibility index (Phi) is 6.63. The molecule has 1 N–H and O–H groups in total. The molecule has 35 heavy (non-hydrogen) atoms. The van der Waals surface area contributed by atoms with Gasteiger partial charge in [-0.1, -0.05) is 49.2 Å². The molecule has 180 valence electrons. The van der Waals surface area contributed by atoms with Crippen molar-refractivity contribution in [3.8, 4) is 17.3 Å². The van der Waals surface area contributed by atoms with Crippen molar-refractivity contribution in [2.45, 2.75) is 57.9 Å². The number of hydrogen-bond donors (Lipinski definition) is 1. The van der Waals surface area contributed by atoms with Crippen LogP contribution < -0.4 is 5.56 Å². The molecular formula is C26H26ClN5O3. The first kappa shape index (κ1) is 23.2. The van der Waals surface area contributed by atoms with E-state index in [1.54, 1.807) is 22.9 Å². The van der Waals surface area contributed by atoms with E-state index in [9.17, 15) is 9.90 Å². The fourth-order valence-corrected chi connectivity index (χ4v) is 4.79. The van der Waals surface area contributed by atoms with Crippen molar-refractivity contribution in [2.24, 2.45) is 0 Å². The molecule has 0 fully saturated rings. The average Bonchev–Trinajstić information content (AvgIpc) is 3.31. The molecule has 0 saturated carbocycles. The second-order valence-electron chi connectivity index (χ2n) is 8.76. The van der Waals surface area contributed by atoms with Crippen molar-refractivity contribution in [3.05, 3.63) is 86.5 Å². The van der Waals surface area contributed by atoms with Crippen molar-refractivity contribution in [1.82, 2.24) is 24.7 Å². The molecule has 0 bridgehead atoms. The van der Waals surface area contributed by atoms with Crippen molar-refractivity contribution in [2.75, 3.05) is 0 Å². The highest BCUT2D eigenvalue weighted by Crippen LogP contribution is 2.34. The van der Waals surface area contributed by atoms with Gasteiger partial charge in [0, 0.05) is 18.3 Å². The molecule has 3 aromatic heterocycles. The summed E-state index contributed by atoms with van der Waals surface area (Å²) in [7, 11) is 0. The summed E-state index contributed by atoms with van der Waals surface area (Å²) < 4.78 is 7.52. The molecular weight excluding hydrogens is 466 g/mol. The Balaban J connectivity index is 1.58. The van der Waals surface area contributed by atoms with Gasteiger partial charge in [0.1, 0.15) is 5.82 Å². The van der Waals surface area contributed by atoms with Gasteiger partial charge in [-0.2, -0.15) is 4.98 Å². The maximum Gasteiger partial charge on any atom is 0.270 e. The molecule has 0 aliphatic heterocycles. The van der Waals surface area contributed by atoms with Gasteiger partial charge in [0.25, 0.3) is 11.4 Å². The largest absolute Gasteiger partial charge is 0.493 e. The van der Waals surface area contributed by atoms with Crippen LogP contribution in [0.3, 0.4) is 0 Å². The van der Waals surface area contributed by atoms with E-state index < -0.39 is 0 Å². The van der Waals surface area contributed by atoms with E-state index in [2.05, 4.69) is 39.2 Å². The van der Waals surface area contributed by atoms with E-state index >= 15 is 0 Å². The average molecular weight is 492 g/mol. The number of rotatable bonds is 7. The van der Waals surface area contributed by atoms with E-state index in [0.717, 1.165) is 37.7 Å². The Morgan fingerprint density at radius 3 is 2.86 bits per heavy atom. The summed E-state index contributed by atoms with van der Waals surface area (Å²) in [5.74, 6) is 0.410. The van der Waals surface area contributed by atoms with Crippen molar-refractivity contribution < 1.29 is 9.52 Å². The van der Waals surface area contributed by atoms with Gasteiger partial charge in [0.2, 0.25) is 11.8 Å². The number of nitrogens with zero attached hydrogens (tertiary/aromatic N) is 5. The molecule has 0 radical (unpaired) electrons. The van der Waals surface area contributed by atoms with Gasteiger partial charge in [0.15, 0.2) is 5.56 Å². The first-order valence-corrected chi connectivity index (χ1v) is 12.3. The highest BCUT2D eigenvalue weighted by atomic mass is 35.5. The Bertz CT molecular complexity index is 1400. The summed E-state index contributed by atoms with van der Waals surface area (Å²) in [5, 5.41) is 19.5. The van der Waals surface area contributed by atoms with Crippen LogP contribution >= 0.6 is 11.6 Å². The van der Waals surface area contributed by atoms with Crippen molar-refractivity contribution in [1.29, 1.82) is 0 Å². The summed E-state index contributed by atoms with van der Waals surface area (Å²) in [4.78, 5) is 22.6. The third-order valence-electron chi connectivity index (χ3n) is 6.37. The minimum Gasteiger partial charge on any atom is -0.493 e. The summed E-state index contributed by atoms with van der Waals surface area (Å²) >= 11 is 5.90. The highest BCUT2D eigenvalue weighted by molar-refractivity contribution is 6.30. The van der Waals surface area contributed by atoms with Crippen LogP contribution in [0.5, 0.6) is 5.88 Å². The zero-order valence-electron chi connectivity index (χ0n) is 19.4. The van der Waals surface area contributed by atoms with Gasteiger partial charge in [-0.15, -0.1) is 10.2 Å². The number of aryl methyl sites for hydroxylation is 2. The lowest BCUT2D eigenvalue weighted by atomic mass is 9.87. The molecule has 0 unspecified atom stereocenters. The SMILES string of the molecule is CCCCc1nc(O)c(-c2nnc(Cc3ccc(Cl)cn3)o2)c(=O)n1[C@H]1CCCc2ccccc21. The highest BCUT2D eigenvalue weighted by Gasteiger charge is 2.29. The van der Waals surface area contributed by atoms with Gasteiger partial charge >= 0.3 is 0 Å². The molecule has 0 spiro atoms. The number of unbranched alkanes of at least 4 members (excludes halogenated alkanes) is 1. The Morgan fingerprint density at radius 1 is 1.20 bits per heavy atom. The van der Waals surface area contributed by atoms with Crippen LogP contribution in [0, 0.1) is 0 Å². The minimum absolute atomic E-state index is 0.0520. The van der Waals surface area contributed by atoms with Gasteiger partial charge in [0.05, 0.1) is 17.5 Å².